The molecule has 1 rings (SSSR count). The molecule has 0 fully saturated rings. The van der Waals surface area contributed by atoms with Crippen LogP contribution < -0.4 is 5.73 Å². The first-order valence-corrected chi connectivity index (χ1v) is 6.93. The number of rotatable bonds is 5. The van der Waals surface area contributed by atoms with Crippen LogP contribution in [0.5, 0.6) is 0 Å². The highest BCUT2D eigenvalue weighted by molar-refractivity contribution is 5.96. The highest BCUT2D eigenvalue weighted by Crippen LogP contribution is 2.27. The Labute approximate surface area is 115 Å². The van der Waals surface area contributed by atoms with Gasteiger partial charge in [0.05, 0.1) is 0 Å². The largest absolute Gasteiger partial charge is 0.458 e. The van der Waals surface area contributed by atoms with Crippen molar-refractivity contribution in [2.75, 3.05) is 5.73 Å². The molecule has 1 heterocycles. The van der Waals surface area contributed by atoms with Crippen LogP contribution in [0.25, 0.3) is 0 Å². The van der Waals surface area contributed by atoms with E-state index >= 15 is 0 Å². The molecule has 3 N–H and O–H groups in total. The molecule has 0 aliphatic rings. The summed E-state index contributed by atoms with van der Waals surface area (Å²) in [6, 6.07) is 0. The number of carbonyl (C=O) groups is 1. The number of nitrogens with two attached hydrogens (primary N) is 1. The summed E-state index contributed by atoms with van der Waals surface area (Å²) in [7, 11) is 0. The van der Waals surface area contributed by atoms with E-state index < -0.39 is 0 Å². The first kappa shape index (κ1) is 15.6. The van der Waals surface area contributed by atoms with Gasteiger partial charge in [-0.1, -0.05) is 41.5 Å². The number of nitrogen functional groups attached to an aromatic ring is 1. The molecule has 0 spiro atoms. The molecule has 0 atom stereocenters. The summed E-state index contributed by atoms with van der Waals surface area (Å²) in [6.45, 7) is 12.3. The van der Waals surface area contributed by atoms with Gasteiger partial charge in [-0.25, -0.2) is 4.79 Å². The second kappa shape index (κ2) is 6.13. The molecule has 19 heavy (non-hydrogen) atoms. The van der Waals surface area contributed by atoms with E-state index in [9.17, 15) is 4.79 Å². The fourth-order valence-electron chi connectivity index (χ4n) is 2.36. The van der Waals surface area contributed by atoms with Crippen LogP contribution in [-0.4, -0.2) is 17.1 Å². The van der Waals surface area contributed by atoms with E-state index in [4.69, 9.17) is 10.5 Å². The molecule has 1 aromatic heterocycles. The molecule has 0 saturated heterocycles. The maximum atomic E-state index is 12.3. The van der Waals surface area contributed by atoms with Crippen molar-refractivity contribution in [2.24, 2.45) is 11.8 Å². The monoisotopic (exact) mass is 266 g/mol. The highest BCUT2D eigenvalue weighted by Gasteiger charge is 2.26. The summed E-state index contributed by atoms with van der Waals surface area (Å²) in [6.07, 6.45) is 1.69. The minimum atomic E-state index is -0.324. The quantitative estimate of drug-likeness (QED) is 0.801. The lowest BCUT2D eigenvalue weighted by Crippen LogP contribution is -2.29. The van der Waals surface area contributed by atoms with E-state index in [2.05, 4.69) is 32.7 Å². The topological polar surface area (TPSA) is 68.1 Å². The van der Waals surface area contributed by atoms with Gasteiger partial charge >= 0.3 is 5.97 Å². The molecule has 0 unspecified atom stereocenters. The molecule has 0 aromatic carbocycles. The number of nitrogens with one attached hydrogen (secondary N) is 1. The first-order valence-electron chi connectivity index (χ1n) is 6.93. The Morgan fingerprint density at radius 2 is 1.68 bits per heavy atom. The van der Waals surface area contributed by atoms with Crippen molar-refractivity contribution in [3.05, 3.63) is 17.3 Å². The normalized spacial score (nSPS) is 11.9. The third-order valence-electron chi connectivity index (χ3n) is 3.32. The molecule has 0 saturated carbocycles. The zero-order chi connectivity index (χ0) is 14.7. The van der Waals surface area contributed by atoms with Crippen molar-refractivity contribution in [3.8, 4) is 0 Å². The molecule has 0 aliphatic heterocycles. The second-order valence-electron chi connectivity index (χ2n) is 6.05. The van der Waals surface area contributed by atoms with Gasteiger partial charge in [0.2, 0.25) is 0 Å². The third kappa shape index (κ3) is 3.52. The van der Waals surface area contributed by atoms with E-state index in [-0.39, 0.29) is 29.8 Å². The van der Waals surface area contributed by atoms with E-state index in [1.54, 1.807) is 6.20 Å². The van der Waals surface area contributed by atoms with Gasteiger partial charge in [-0.05, 0) is 23.3 Å². The van der Waals surface area contributed by atoms with Crippen molar-refractivity contribution in [2.45, 2.75) is 53.6 Å². The number of anilines is 1. The lowest BCUT2D eigenvalue weighted by atomic mass is 9.96. The van der Waals surface area contributed by atoms with Crippen LogP contribution in [0.2, 0.25) is 0 Å². The summed E-state index contributed by atoms with van der Waals surface area (Å²) < 4.78 is 5.65. The zero-order valence-corrected chi connectivity index (χ0v) is 12.8. The SMILES string of the molecule is CC(C)c1c[nH]c(N)c1C(=O)OC(C(C)C)C(C)C. The number of hydrogen-bond acceptors (Lipinski definition) is 3. The van der Waals surface area contributed by atoms with Crippen LogP contribution in [0.4, 0.5) is 5.82 Å². The van der Waals surface area contributed by atoms with Gasteiger partial charge in [0.25, 0.3) is 0 Å². The molecule has 4 nitrogen and oxygen atoms in total. The minimum absolute atomic E-state index is 0.0955. The summed E-state index contributed by atoms with van der Waals surface area (Å²) in [5.41, 5.74) is 7.25. The number of H-pyrrole nitrogens is 1. The summed E-state index contributed by atoms with van der Waals surface area (Å²) in [5.74, 6) is 0.862. The van der Waals surface area contributed by atoms with E-state index in [0.29, 0.717) is 11.4 Å². The van der Waals surface area contributed by atoms with Crippen molar-refractivity contribution < 1.29 is 9.53 Å². The van der Waals surface area contributed by atoms with Crippen molar-refractivity contribution in [3.63, 3.8) is 0 Å². The molecule has 0 radical (unpaired) electrons. The van der Waals surface area contributed by atoms with Crippen molar-refractivity contribution in [1.82, 2.24) is 4.98 Å². The Balaban J connectivity index is 2.98. The third-order valence-corrected chi connectivity index (χ3v) is 3.32. The summed E-state index contributed by atoms with van der Waals surface area (Å²) in [5, 5.41) is 0. The second-order valence-corrected chi connectivity index (χ2v) is 6.05. The lowest BCUT2D eigenvalue weighted by Gasteiger charge is -2.25. The molecule has 0 bridgehead atoms. The van der Waals surface area contributed by atoms with Crippen molar-refractivity contribution >= 4 is 11.8 Å². The predicted molar refractivity (Wildman–Crippen MR) is 78.2 cm³/mol. The van der Waals surface area contributed by atoms with Gasteiger partial charge in [0, 0.05) is 6.20 Å². The number of carbonyl (C=O) groups excluding carboxylic acids is 1. The average molecular weight is 266 g/mol. The fraction of sp³-hybridized carbons (Fsp3) is 0.667. The molecule has 1 aromatic rings. The fourth-order valence-corrected chi connectivity index (χ4v) is 2.36. The molecular formula is C15H26N2O2. The summed E-state index contributed by atoms with van der Waals surface area (Å²) >= 11 is 0. The molecule has 0 aliphatic carbocycles. The zero-order valence-electron chi connectivity index (χ0n) is 12.8. The number of aromatic amines is 1. The molecular weight excluding hydrogens is 240 g/mol. The highest BCUT2D eigenvalue weighted by atomic mass is 16.5. The summed E-state index contributed by atoms with van der Waals surface area (Å²) in [4.78, 5) is 15.3. The Bertz CT molecular complexity index is 425. The predicted octanol–water partition coefficient (Wildman–Crippen LogP) is 3.56. The van der Waals surface area contributed by atoms with E-state index in [1.807, 2.05) is 13.8 Å². The minimum Gasteiger partial charge on any atom is -0.458 e. The molecule has 108 valence electrons. The van der Waals surface area contributed by atoms with Crippen LogP contribution in [0, 0.1) is 11.8 Å². The number of ether oxygens (including phenoxy) is 1. The Hall–Kier alpha value is -1.45. The van der Waals surface area contributed by atoms with Crippen LogP contribution in [0.15, 0.2) is 6.20 Å². The molecule has 0 amide bonds. The average Bonchev–Trinajstić information content (AvgIpc) is 2.66. The number of esters is 1. The van der Waals surface area contributed by atoms with Crippen molar-refractivity contribution in [1.29, 1.82) is 0 Å². The van der Waals surface area contributed by atoms with Crippen LogP contribution in [0.3, 0.4) is 0 Å². The lowest BCUT2D eigenvalue weighted by molar-refractivity contribution is 0.00324. The smallest absolute Gasteiger partial charge is 0.342 e. The standard InChI is InChI=1S/C15H26N2O2/c1-8(2)11-7-17-14(16)12(11)15(18)19-13(9(3)4)10(5)6/h7-10,13,17H,16H2,1-6H3. The van der Waals surface area contributed by atoms with Crippen LogP contribution >= 0.6 is 0 Å². The van der Waals surface area contributed by atoms with E-state index in [0.717, 1.165) is 5.56 Å². The maximum Gasteiger partial charge on any atom is 0.342 e. The van der Waals surface area contributed by atoms with Crippen LogP contribution in [-0.2, 0) is 4.74 Å². The number of aromatic nitrogens is 1. The van der Waals surface area contributed by atoms with Gasteiger partial charge in [-0.15, -0.1) is 0 Å². The van der Waals surface area contributed by atoms with Gasteiger partial charge in [0.15, 0.2) is 0 Å². The van der Waals surface area contributed by atoms with Gasteiger partial charge in [-0.2, -0.15) is 0 Å². The van der Waals surface area contributed by atoms with E-state index in [1.165, 1.54) is 0 Å². The van der Waals surface area contributed by atoms with Crippen LogP contribution in [0.1, 0.15) is 63.4 Å². The van der Waals surface area contributed by atoms with Gasteiger partial charge in [0.1, 0.15) is 17.5 Å². The Morgan fingerprint density at radius 3 is 2.11 bits per heavy atom. The number of hydrogen-bond donors (Lipinski definition) is 2. The Kier molecular flexibility index (Phi) is 5.04. The van der Waals surface area contributed by atoms with Gasteiger partial charge < -0.3 is 15.5 Å². The Morgan fingerprint density at radius 1 is 1.16 bits per heavy atom. The first-order chi connectivity index (χ1) is 8.75. The molecule has 4 heteroatoms. The maximum absolute atomic E-state index is 12.3. The van der Waals surface area contributed by atoms with Gasteiger partial charge in [-0.3, -0.25) is 0 Å².